The maximum absolute atomic E-state index is 10.6. The molecule has 2 heteroatoms. The van der Waals surface area contributed by atoms with Crippen molar-refractivity contribution < 1.29 is 9.84 Å². The van der Waals surface area contributed by atoms with Crippen molar-refractivity contribution in [2.75, 3.05) is 6.61 Å². The van der Waals surface area contributed by atoms with E-state index in [-0.39, 0.29) is 5.41 Å². The second-order valence-corrected chi connectivity index (χ2v) is 6.25. The van der Waals surface area contributed by atoms with Gasteiger partial charge in [-0.15, -0.1) is 0 Å². The molecule has 0 spiro atoms. The zero-order chi connectivity index (χ0) is 15.5. The van der Waals surface area contributed by atoms with E-state index >= 15 is 0 Å². The highest BCUT2D eigenvalue weighted by Gasteiger charge is 2.21. The lowest BCUT2D eigenvalue weighted by Gasteiger charge is -2.24. The first-order valence-corrected chi connectivity index (χ1v) is 7.43. The lowest BCUT2D eigenvalue weighted by Crippen LogP contribution is -2.14. The normalized spacial score (nSPS) is 13.0. The van der Waals surface area contributed by atoms with Crippen molar-refractivity contribution in [1.29, 1.82) is 0 Å². The monoisotopic (exact) mass is 284 g/mol. The molecule has 112 valence electrons. The molecule has 0 saturated carbocycles. The van der Waals surface area contributed by atoms with E-state index in [1.165, 1.54) is 0 Å². The summed E-state index contributed by atoms with van der Waals surface area (Å²) in [6.07, 6.45) is -0.608. The van der Waals surface area contributed by atoms with Gasteiger partial charge in [0, 0.05) is 0 Å². The lowest BCUT2D eigenvalue weighted by atomic mass is 9.84. The molecule has 21 heavy (non-hydrogen) atoms. The van der Waals surface area contributed by atoms with E-state index in [1.54, 1.807) is 0 Å². The Morgan fingerprint density at radius 3 is 2.24 bits per heavy atom. The van der Waals surface area contributed by atoms with Gasteiger partial charge in [-0.1, -0.05) is 57.2 Å². The molecule has 0 fully saturated rings. The molecule has 0 heterocycles. The number of aliphatic hydroxyl groups is 1. The van der Waals surface area contributed by atoms with Crippen molar-refractivity contribution in [2.24, 2.45) is 0 Å². The molecule has 2 rings (SSSR count). The van der Waals surface area contributed by atoms with Crippen LogP contribution in [0, 0.1) is 0 Å². The number of benzene rings is 2. The smallest absolute Gasteiger partial charge is 0.123 e. The minimum atomic E-state index is -0.608. The van der Waals surface area contributed by atoms with Crippen LogP contribution in [0.2, 0.25) is 0 Å². The highest BCUT2D eigenvalue weighted by molar-refractivity contribution is 5.44. The predicted molar refractivity (Wildman–Crippen MR) is 86.8 cm³/mol. The number of hydrogen-bond donors (Lipinski definition) is 1. The fourth-order valence-corrected chi connectivity index (χ4v) is 2.41. The minimum absolute atomic E-state index is 0.0308. The van der Waals surface area contributed by atoms with Crippen LogP contribution in [0.4, 0.5) is 0 Å². The second kappa shape index (κ2) is 6.31. The van der Waals surface area contributed by atoms with E-state index in [9.17, 15) is 5.11 Å². The first-order chi connectivity index (χ1) is 9.93. The van der Waals surface area contributed by atoms with Gasteiger partial charge in [0.2, 0.25) is 0 Å². The number of ether oxygens (including phenoxy) is 1. The zero-order valence-corrected chi connectivity index (χ0v) is 13.3. The van der Waals surface area contributed by atoms with E-state index in [0.717, 1.165) is 22.4 Å². The lowest BCUT2D eigenvalue weighted by molar-refractivity contribution is 0.220. The van der Waals surface area contributed by atoms with E-state index in [0.29, 0.717) is 6.61 Å². The standard InChI is InChI=1S/C19H24O2/c1-5-21-17-12-11-15(13-16(17)19(2,3)4)18(20)14-9-7-6-8-10-14/h6-13,18,20H,5H2,1-4H3. The van der Waals surface area contributed by atoms with Gasteiger partial charge in [0.25, 0.3) is 0 Å². The van der Waals surface area contributed by atoms with Crippen LogP contribution in [-0.4, -0.2) is 11.7 Å². The fraction of sp³-hybridized carbons (Fsp3) is 0.368. The van der Waals surface area contributed by atoms with Gasteiger partial charge in [0.1, 0.15) is 11.9 Å². The summed E-state index contributed by atoms with van der Waals surface area (Å²) in [6.45, 7) is 9.10. The van der Waals surface area contributed by atoms with Gasteiger partial charge in [-0.2, -0.15) is 0 Å². The summed E-state index contributed by atoms with van der Waals surface area (Å²) in [6, 6.07) is 15.7. The van der Waals surface area contributed by atoms with Gasteiger partial charge in [0.05, 0.1) is 6.61 Å². The highest BCUT2D eigenvalue weighted by atomic mass is 16.5. The van der Waals surface area contributed by atoms with Gasteiger partial charge >= 0.3 is 0 Å². The predicted octanol–water partition coefficient (Wildman–Crippen LogP) is 4.46. The number of hydrogen-bond acceptors (Lipinski definition) is 2. The first kappa shape index (κ1) is 15.6. The molecule has 0 radical (unpaired) electrons. The summed E-state index contributed by atoms with van der Waals surface area (Å²) in [4.78, 5) is 0. The van der Waals surface area contributed by atoms with Crippen LogP contribution in [0.15, 0.2) is 48.5 Å². The van der Waals surface area contributed by atoms with Crippen molar-refractivity contribution in [3.05, 3.63) is 65.2 Å². The Labute approximate surface area is 127 Å². The number of aliphatic hydroxyl groups excluding tert-OH is 1. The van der Waals surface area contributed by atoms with Crippen LogP contribution < -0.4 is 4.74 Å². The van der Waals surface area contributed by atoms with Crippen LogP contribution in [-0.2, 0) is 5.41 Å². The third-order valence-corrected chi connectivity index (χ3v) is 3.54. The van der Waals surface area contributed by atoms with Gasteiger partial charge in [-0.05, 0) is 41.2 Å². The Hall–Kier alpha value is -1.80. The molecule has 0 amide bonds. The zero-order valence-electron chi connectivity index (χ0n) is 13.3. The quantitative estimate of drug-likeness (QED) is 0.898. The molecule has 2 aromatic rings. The molecule has 0 aliphatic carbocycles. The molecule has 0 bridgehead atoms. The van der Waals surface area contributed by atoms with Crippen molar-refractivity contribution >= 4 is 0 Å². The second-order valence-electron chi connectivity index (χ2n) is 6.25. The molecule has 2 nitrogen and oxygen atoms in total. The molecule has 1 N–H and O–H groups in total. The summed E-state index contributed by atoms with van der Waals surface area (Å²) < 4.78 is 5.72. The first-order valence-electron chi connectivity index (χ1n) is 7.43. The maximum atomic E-state index is 10.6. The van der Waals surface area contributed by atoms with Crippen LogP contribution >= 0.6 is 0 Å². The summed E-state index contributed by atoms with van der Waals surface area (Å²) in [7, 11) is 0. The van der Waals surface area contributed by atoms with Gasteiger partial charge < -0.3 is 9.84 Å². The summed E-state index contributed by atoms with van der Waals surface area (Å²) in [5.41, 5.74) is 2.89. The molecule has 1 atom stereocenters. The van der Waals surface area contributed by atoms with Gasteiger partial charge in [-0.25, -0.2) is 0 Å². The maximum Gasteiger partial charge on any atom is 0.123 e. The number of rotatable bonds is 4. The van der Waals surface area contributed by atoms with Crippen LogP contribution in [0.25, 0.3) is 0 Å². The minimum Gasteiger partial charge on any atom is -0.494 e. The Kier molecular flexibility index (Phi) is 4.69. The van der Waals surface area contributed by atoms with Crippen molar-refractivity contribution in [3.63, 3.8) is 0 Å². The third-order valence-electron chi connectivity index (χ3n) is 3.54. The Morgan fingerprint density at radius 1 is 1.00 bits per heavy atom. The molecular formula is C19H24O2. The molecule has 1 unspecified atom stereocenters. The Bertz CT molecular complexity index is 582. The average Bonchev–Trinajstić information content (AvgIpc) is 2.47. The Balaban J connectivity index is 2.42. The Morgan fingerprint density at radius 2 is 1.67 bits per heavy atom. The summed E-state index contributed by atoms with van der Waals surface area (Å²) >= 11 is 0. The summed E-state index contributed by atoms with van der Waals surface area (Å²) in [5.74, 6) is 0.897. The molecule has 2 aromatic carbocycles. The van der Waals surface area contributed by atoms with E-state index in [2.05, 4.69) is 26.8 Å². The molecule has 0 aliphatic heterocycles. The van der Waals surface area contributed by atoms with E-state index < -0.39 is 6.10 Å². The van der Waals surface area contributed by atoms with Crippen molar-refractivity contribution in [3.8, 4) is 5.75 Å². The molecular weight excluding hydrogens is 260 g/mol. The van der Waals surface area contributed by atoms with E-state index in [1.807, 2.05) is 49.4 Å². The van der Waals surface area contributed by atoms with Crippen LogP contribution in [0.5, 0.6) is 5.75 Å². The highest BCUT2D eigenvalue weighted by Crippen LogP contribution is 2.34. The van der Waals surface area contributed by atoms with Crippen molar-refractivity contribution in [1.82, 2.24) is 0 Å². The SMILES string of the molecule is CCOc1ccc(C(O)c2ccccc2)cc1C(C)(C)C. The molecule has 0 aromatic heterocycles. The fourth-order valence-electron chi connectivity index (χ4n) is 2.41. The topological polar surface area (TPSA) is 29.5 Å². The van der Waals surface area contributed by atoms with Gasteiger partial charge in [-0.3, -0.25) is 0 Å². The molecule has 0 saturated heterocycles. The van der Waals surface area contributed by atoms with Crippen LogP contribution in [0.1, 0.15) is 50.5 Å². The summed E-state index contributed by atoms with van der Waals surface area (Å²) in [5, 5.41) is 10.6. The van der Waals surface area contributed by atoms with Crippen LogP contribution in [0.3, 0.4) is 0 Å². The van der Waals surface area contributed by atoms with Crippen molar-refractivity contribution in [2.45, 2.75) is 39.2 Å². The van der Waals surface area contributed by atoms with Gasteiger partial charge in [0.15, 0.2) is 0 Å². The third kappa shape index (κ3) is 3.64. The van der Waals surface area contributed by atoms with E-state index in [4.69, 9.17) is 4.74 Å². The average molecular weight is 284 g/mol. The molecule has 0 aliphatic rings. The largest absolute Gasteiger partial charge is 0.494 e.